The molecule has 114 valence electrons. The van der Waals surface area contributed by atoms with E-state index >= 15 is 0 Å². The predicted octanol–water partition coefficient (Wildman–Crippen LogP) is 5.94. The Kier molecular flexibility index (Phi) is 6.31. The zero-order chi connectivity index (χ0) is 15.1. The Bertz CT molecular complexity index is 583. The van der Waals surface area contributed by atoms with Crippen LogP contribution in [0, 0.1) is 6.92 Å². The Labute approximate surface area is 132 Å². The van der Waals surface area contributed by atoms with Crippen molar-refractivity contribution in [1.82, 2.24) is 4.98 Å². The molecule has 0 aliphatic carbocycles. The molecule has 0 unspecified atom stereocenters. The molecule has 21 heavy (non-hydrogen) atoms. The molecule has 0 amide bonds. The van der Waals surface area contributed by atoms with Gasteiger partial charge in [-0.1, -0.05) is 50.6 Å². The number of nitrogens with zero attached hydrogens (tertiary/aromatic N) is 1. The van der Waals surface area contributed by atoms with Gasteiger partial charge in [0.25, 0.3) is 0 Å². The molecule has 0 spiro atoms. The van der Waals surface area contributed by atoms with Crippen LogP contribution in [0.4, 0.5) is 0 Å². The Morgan fingerprint density at radius 1 is 1.00 bits per heavy atom. The van der Waals surface area contributed by atoms with Crippen molar-refractivity contribution in [3.05, 3.63) is 35.0 Å². The maximum atomic E-state index is 6.22. The van der Waals surface area contributed by atoms with E-state index in [1.165, 1.54) is 32.1 Å². The molecule has 0 atom stereocenters. The van der Waals surface area contributed by atoms with E-state index in [2.05, 4.69) is 11.9 Å². The van der Waals surface area contributed by atoms with Crippen molar-refractivity contribution in [2.24, 2.45) is 0 Å². The van der Waals surface area contributed by atoms with E-state index in [4.69, 9.17) is 16.3 Å². The molecular formula is C18H24ClNO. The number of aromatic nitrogens is 1. The lowest BCUT2D eigenvalue weighted by molar-refractivity contribution is 0.307. The normalized spacial score (nSPS) is 11.0. The maximum Gasteiger partial charge on any atom is 0.145 e. The minimum absolute atomic E-state index is 0.726. The number of hydrogen-bond donors (Lipinski definition) is 0. The van der Waals surface area contributed by atoms with Gasteiger partial charge in [0.05, 0.1) is 11.6 Å². The molecular weight excluding hydrogens is 282 g/mol. The Balaban J connectivity index is 1.93. The van der Waals surface area contributed by atoms with Gasteiger partial charge < -0.3 is 4.74 Å². The molecule has 0 aliphatic rings. The number of benzene rings is 1. The lowest BCUT2D eigenvalue weighted by atomic mass is 10.1. The van der Waals surface area contributed by atoms with Crippen molar-refractivity contribution in [2.45, 2.75) is 52.4 Å². The van der Waals surface area contributed by atoms with Crippen LogP contribution in [0.2, 0.25) is 5.02 Å². The molecule has 1 aromatic carbocycles. The standard InChI is InChI=1S/C18H24ClNO/c1-3-4-5-6-7-8-13-21-17-12-11-16(19)15-10-9-14(2)20-18(15)17/h9-12H,3-8,13H2,1-2H3. The fourth-order valence-electron chi connectivity index (χ4n) is 2.44. The third kappa shape index (κ3) is 4.60. The van der Waals surface area contributed by atoms with Gasteiger partial charge >= 0.3 is 0 Å². The second-order valence-corrected chi connectivity index (χ2v) is 5.92. The Morgan fingerprint density at radius 3 is 2.57 bits per heavy atom. The number of hydrogen-bond acceptors (Lipinski definition) is 2. The maximum absolute atomic E-state index is 6.22. The van der Waals surface area contributed by atoms with E-state index in [1.807, 2.05) is 31.2 Å². The number of unbranched alkanes of at least 4 members (excludes halogenated alkanes) is 5. The van der Waals surface area contributed by atoms with Gasteiger partial charge in [-0.25, -0.2) is 4.98 Å². The van der Waals surface area contributed by atoms with Gasteiger partial charge in [-0.2, -0.15) is 0 Å². The molecule has 0 radical (unpaired) electrons. The van der Waals surface area contributed by atoms with Gasteiger partial charge in [-0.15, -0.1) is 0 Å². The Hall–Kier alpha value is -1.28. The first-order valence-electron chi connectivity index (χ1n) is 7.91. The van der Waals surface area contributed by atoms with Crippen LogP contribution in [0.3, 0.4) is 0 Å². The summed E-state index contributed by atoms with van der Waals surface area (Å²) in [5, 5.41) is 1.69. The number of rotatable bonds is 8. The molecule has 2 rings (SSSR count). The quantitative estimate of drug-likeness (QED) is 0.563. The number of halogens is 1. The summed E-state index contributed by atoms with van der Waals surface area (Å²) in [7, 11) is 0. The number of pyridine rings is 1. The van der Waals surface area contributed by atoms with Crippen molar-refractivity contribution in [1.29, 1.82) is 0 Å². The summed E-state index contributed by atoms with van der Waals surface area (Å²) in [6, 6.07) is 7.80. The molecule has 2 aromatic rings. The van der Waals surface area contributed by atoms with Crippen LogP contribution in [-0.2, 0) is 0 Å². The van der Waals surface area contributed by atoms with Gasteiger partial charge in [0, 0.05) is 11.1 Å². The van der Waals surface area contributed by atoms with Gasteiger partial charge in [0.15, 0.2) is 0 Å². The molecule has 2 nitrogen and oxygen atoms in total. The second-order valence-electron chi connectivity index (χ2n) is 5.51. The molecule has 0 bridgehead atoms. The average molecular weight is 306 g/mol. The van der Waals surface area contributed by atoms with Gasteiger partial charge in [0.1, 0.15) is 11.3 Å². The van der Waals surface area contributed by atoms with Crippen LogP contribution in [0.25, 0.3) is 10.9 Å². The predicted molar refractivity (Wildman–Crippen MR) is 90.4 cm³/mol. The summed E-state index contributed by atoms with van der Waals surface area (Å²) >= 11 is 6.22. The van der Waals surface area contributed by atoms with E-state index in [9.17, 15) is 0 Å². The third-order valence-corrected chi connectivity index (χ3v) is 3.99. The SMILES string of the molecule is CCCCCCCCOc1ccc(Cl)c2ccc(C)nc12. The summed E-state index contributed by atoms with van der Waals surface area (Å²) in [4.78, 5) is 4.57. The first-order chi connectivity index (χ1) is 10.2. The van der Waals surface area contributed by atoms with Crippen LogP contribution in [-0.4, -0.2) is 11.6 Å². The van der Waals surface area contributed by atoms with Crippen molar-refractivity contribution in [2.75, 3.05) is 6.61 Å². The molecule has 0 fully saturated rings. The van der Waals surface area contributed by atoms with Crippen LogP contribution >= 0.6 is 11.6 Å². The fourth-order valence-corrected chi connectivity index (χ4v) is 2.65. The van der Waals surface area contributed by atoms with Gasteiger partial charge in [0.2, 0.25) is 0 Å². The smallest absolute Gasteiger partial charge is 0.145 e. The minimum atomic E-state index is 0.726. The largest absolute Gasteiger partial charge is 0.491 e. The fraction of sp³-hybridized carbons (Fsp3) is 0.500. The summed E-state index contributed by atoms with van der Waals surface area (Å²) in [6.45, 7) is 4.97. The number of ether oxygens (including phenoxy) is 1. The van der Waals surface area contributed by atoms with Gasteiger partial charge in [-0.3, -0.25) is 0 Å². The number of fused-ring (bicyclic) bond motifs is 1. The molecule has 1 heterocycles. The topological polar surface area (TPSA) is 22.1 Å². The van der Waals surface area contributed by atoms with Crippen LogP contribution < -0.4 is 4.74 Å². The highest BCUT2D eigenvalue weighted by atomic mass is 35.5. The minimum Gasteiger partial charge on any atom is -0.491 e. The molecule has 0 aliphatic heterocycles. The molecule has 3 heteroatoms. The highest BCUT2D eigenvalue weighted by Crippen LogP contribution is 2.30. The first kappa shape index (κ1) is 16.1. The second kappa shape index (κ2) is 8.23. The van der Waals surface area contributed by atoms with Crippen molar-refractivity contribution < 1.29 is 4.74 Å². The summed E-state index contributed by atoms with van der Waals surface area (Å²) in [5.74, 6) is 0.839. The van der Waals surface area contributed by atoms with Crippen molar-refractivity contribution >= 4 is 22.5 Å². The summed E-state index contributed by atoms with van der Waals surface area (Å²) in [5.41, 5.74) is 1.85. The van der Waals surface area contributed by atoms with Crippen LogP contribution in [0.15, 0.2) is 24.3 Å². The number of aryl methyl sites for hydroxylation is 1. The first-order valence-corrected chi connectivity index (χ1v) is 8.29. The Morgan fingerprint density at radius 2 is 1.76 bits per heavy atom. The van der Waals surface area contributed by atoms with Crippen molar-refractivity contribution in [3.8, 4) is 5.75 Å². The van der Waals surface area contributed by atoms with E-state index in [0.29, 0.717) is 0 Å². The third-order valence-electron chi connectivity index (χ3n) is 3.66. The highest BCUT2D eigenvalue weighted by Gasteiger charge is 2.07. The molecule has 0 saturated carbocycles. The zero-order valence-corrected chi connectivity index (χ0v) is 13.7. The molecule has 1 aromatic heterocycles. The van der Waals surface area contributed by atoms with E-state index in [1.54, 1.807) is 0 Å². The van der Waals surface area contributed by atoms with Crippen LogP contribution in [0.5, 0.6) is 5.75 Å². The zero-order valence-electron chi connectivity index (χ0n) is 13.0. The van der Waals surface area contributed by atoms with E-state index in [0.717, 1.165) is 40.4 Å². The highest BCUT2D eigenvalue weighted by molar-refractivity contribution is 6.35. The summed E-state index contributed by atoms with van der Waals surface area (Å²) in [6.07, 6.45) is 7.60. The van der Waals surface area contributed by atoms with Crippen LogP contribution in [0.1, 0.15) is 51.1 Å². The lowest BCUT2D eigenvalue weighted by Crippen LogP contribution is -1.99. The van der Waals surface area contributed by atoms with Gasteiger partial charge in [-0.05, 0) is 37.6 Å². The average Bonchev–Trinajstić information content (AvgIpc) is 2.48. The van der Waals surface area contributed by atoms with E-state index < -0.39 is 0 Å². The lowest BCUT2D eigenvalue weighted by Gasteiger charge is -2.10. The monoisotopic (exact) mass is 305 g/mol. The van der Waals surface area contributed by atoms with Crippen molar-refractivity contribution in [3.63, 3.8) is 0 Å². The summed E-state index contributed by atoms with van der Waals surface area (Å²) < 4.78 is 5.91. The molecule has 0 N–H and O–H groups in total. The molecule has 0 saturated heterocycles. The van der Waals surface area contributed by atoms with E-state index in [-0.39, 0.29) is 0 Å².